The van der Waals surface area contributed by atoms with Gasteiger partial charge >= 0.3 is 0 Å². The lowest BCUT2D eigenvalue weighted by Crippen LogP contribution is -2.40. The van der Waals surface area contributed by atoms with Crippen LogP contribution in [0.25, 0.3) is 10.9 Å². The lowest BCUT2D eigenvalue weighted by molar-refractivity contribution is 0.0157. The Morgan fingerprint density at radius 1 is 1.15 bits per heavy atom. The number of nitrogens with zero attached hydrogens (tertiary/aromatic N) is 2. The van der Waals surface area contributed by atoms with Crippen molar-refractivity contribution in [1.29, 1.82) is 0 Å². The summed E-state index contributed by atoms with van der Waals surface area (Å²) in [5, 5.41) is 1.05. The molecule has 5 nitrogen and oxygen atoms in total. The Morgan fingerprint density at radius 3 is 2.69 bits per heavy atom. The number of benzene rings is 2. The predicted octanol–water partition coefficient (Wildman–Crippen LogP) is 3.19. The molecule has 26 heavy (non-hydrogen) atoms. The molecule has 1 aromatic heterocycles. The molecule has 0 radical (unpaired) electrons. The van der Waals surface area contributed by atoms with Crippen molar-refractivity contribution in [3.63, 3.8) is 0 Å². The van der Waals surface area contributed by atoms with Crippen LogP contribution in [0.3, 0.4) is 0 Å². The Labute approximate surface area is 156 Å². The lowest BCUT2D eigenvalue weighted by Gasteiger charge is -2.34. The molecule has 0 spiro atoms. The normalized spacial score (nSPS) is 16.7. The zero-order valence-corrected chi connectivity index (χ0v) is 15.1. The van der Waals surface area contributed by atoms with E-state index in [2.05, 4.69) is 27.0 Å². The van der Waals surface area contributed by atoms with E-state index in [0.717, 1.165) is 26.3 Å². The van der Waals surface area contributed by atoms with E-state index in [0.29, 0.717) is 28.2 Å². The van der Waals surface area contributed by atoms with E-state index in [1.54, 1.807) is 18.2 Å². The number of rotatable bonds is 4. The van der Waals surface area contributed by atoms with Crippen molar-refractivity contribution >= 4 is 22.5 Å². The van der Waals surface area contributed by atoms with Crippen molar-refractivity contribution in [1.82, 2.24) is 14.9 Å². The van der Waals surface area contributed by atoms with Gasteiger partial charge in [-0.05, 0) is 23.8 Å². The summed E-state index contributed by atoms with van der Waals surface area (Å²) in [6, 6.07) is 15.7. The molecule has 134 valence electrons. The molecule has 1 fully saturated rings. The van der Waals surface area contributed by atoms with E-state index in [9.17, 15) is 4.79 Å². The molecule has 1 aliphatic rings. The Kier molecular flexibility index (Phi) is 5.02. The Hall–Kier alpha value is -2.21. The van der Waals surface area contributed by atoms with E-state index in [4.69, 9.17) is 16.3 Å². The highest BCUT2D eigenvalue weighted by molar-refractivity contribution is 6.31. The lowest BCUT2D eigenvalue weighted by atomic mass is 10.0. The van der Waals surface area contributed by atoms with Crippen LogP contribution in [0.1, 0.15) is 17.4 Å². The van der Waals surface area contributed by atoms with Crippen molar-refractivity contribution in [3.8, 4) is 0 Å². The van der Waals surface area contributed by atoms with Gasteiger partial charge in [-0.25, -0.2) is 4.98 Å². The highest BCUT2D eigenvalue weighted by Crippen LogP contribution is 2.25. The van der Waals surface area contributed by atoms with Crippen LogP contribution in [-0.2, 0) is 11.2 Å². The van der Waals surface area contributed by atoms with Gasteiger partial charge in [0, 0.05) is 30.6 Å². The largest absolute Gasteiger partial charge is 0.379 e. The smallest absolute Gasteiger partial charge is 0.258 e. The minimum absolute atomic E-state index is 0.146. The number of aromatic nitrogens is 2. The average Bonchev–Trinajstić information content (AvgIpc) is 2.68. The molecule has 4 rings (SSSR count). The number of hydrogen-bond acceptors (Lipinski definition) is 4. The maximum Gasteiger partial charge on any atom is 0.258 e. The van der Waals surface area contributed by atoms with Crippen molar-refractivity contribution in [2.24, 2.45) is 0 Å². The molecule has 1 aliphatic heterocycles. The van der Waals surface area contributed by atoms with Gasteiger partial charge in [-0.2, -0.15) is 0 Å². The van der Waals surface area contributed by atoms with Crippen LogP contribution in [0.15, 0.2) is 53.3 Å². The van der Waals surface area contributed by atoms with Crippen LogP contribution in [-0.4, -0.2) is 41.2 Å². The Bertz CT molecular complexity index is 952. The molecule has 0 saturated carbocycles. The standard InChI is InChI=1S/C20H20ClN3O2/c21-15-6-7-17-16(12-15)20(25)23-19(22-17)13-18(14-4-2-1-3-5-14)24-8-10-26-11-9-24/h1-7,12,18H,8-11,13H2,(H,22,23,25). The van der Waals surface area contributed by atoms with Crippen LogP contribution in [0.4, 0.5) is 0 Å². The molecule has 0 bridgehead atoms. The summed E-state index contributed by atoms with van der Waals surface area (Å²) in [4.78, 5) is 22.5. The number of aromatic amines is 1. The summed E-state index contributed by atoms with van der Waals surface area (Å²) in [5.41, 5.74) is 1.73. The highest BCUT2D eigenvalue weighted by Gasteiger charge is 2.24. The monoisotopic (exact) mass is 369 g/mol. The molecule has 1 saturated heterocycles. The van der Waals surface area contributed by atoms with Crippen molar-refractivity contribution < 1.29 is 4.74 Å². The van der Waals surface area contributed by atoms with Crippen LogP contribution < -0.4 is 5.56 Å². The van der Waals surface area contributed by atoms with Crippen LogP contribution >= 0.6 is 11.6 Å². The maximum atomic E-state index is 12.5. The van der Waals surface area contributed by atoms with Gasteiger partial charge in [0.05, 0.1) is 24.1 Å². The van der Waals surface area contributed by atoms with Gasteiger partial charge in [-0.1, -0.05) is 41.9 Å². The summed E-state index contributed by atoms with van der Waals surface area (Å²) >= 11 is 6.00. The van der Waals surface area contributed by atoms with Gasteiger partial charge < -0.3 is 9.72 Å². The first-order chi connectivity index (χ1) is 12.7. The van der Waals surface area contributed by atoms with E-state index in [1.165, 1.54) is 5.56 Å². The van der Waals surface area contributed by atoms with E-state index in [-0.39, 0.29) is 11.6 Å². The fourth-order valence-electron chi connectivity index (χ4n) is 3.46. The van der Waals surface area contributed by atoms with E-state index in [1.807, 2.05) is 18.2 Å². The fourth-order valence-corrected chi connectivity index (χ4v) is 3.63. The number of ether oxygens (including phenoxy) is 1. The van der Waals surface area contributed by atoms with Gasteiger partial charge in [0.15, 0.2) is 0 Å². The third-order valence-electron chi connectivity index (χ3n) is 4.77. The molecule has 0 aliphatic carbocycles. The number of morpholine rings is 1. The number of fused-ring (bicyclic) bond motifs is 1. The molecule has 2 heterocycles. The van der Waals surface area contributed by atoms with Gasteiger partial charge in [-0.15, -0.1) is 0 Å². The first kappa shape index (κ1) is 17.2. The van der Waals surface area contributed by atoms with E-state index < -0.39 is 0 Å². The molecular formula is C20H20ClN3O2. The first-order valence-electron chi connectivity index (χ1n) is 8.76. The average molecular weight is 370 g/mol. The summed E-state index contributed by atoms with van der Waals surface area (Å²) in [5.74, 6) is 0.685. The molecule has 6 heteroatoms. The SMILES string of the molecule is O=c1[nH]c(CC(c2ccccc2)N2CCOCC2)nc2ccc(Cl)cc12. The topological polar surface area (TPSA) is 58.2 Å². The number of H-pyrrole nitrogens is 1. The third-order valence-corrected chi connectivity index (χ3v) is 5.01. The summed E-state index contributed by atoms with van der Waals surface area (Å²) in [6.45, 7) is 3.19. The minimum Gasteiger partial charge on any atom is -0.379 e. The molecule has 3 aromatic rings. The second kappa shape index (κ2) is 7.58. The Balaban J connectivity index is 1.70. The summed E-state index contributed by atoms with van der Waals surface area (Å²) in [6.07, 6.45) is 0.637. The molecule has 2 aromatic carbocycles. The quantitative estimate of drug-likeness (QED) is 0.767. The maximum absolute atomic E-state index is 12.5. The summed E-state index contributed by atoms with van der Waals surface area (Å²) < 4.78 is 5.50. The molecular weight excluding hydrogens is 350 g/mol. The first-order valence-corrected chi connectivity index (χ1v) is 9.14. The van der Waals surface area contributed by atoms with Crippen LogP contribution in [0, 0.1) is 0 Å². The second-order valence-corrected chi connectivity index (χ2v) is 6.89. The summed E-state index contributed by atoms with van der Waals surface area (Å²) in [7, 11) is 0. The van der Waals surface area contributed by atoms with Gasteiger partial charge in [0.2, 0.25) is 0 Å². The highest BCUT2D eigenvalue weighted by atomic mass is 35.5. The zero-order chi connectivity index (χ0) is 17.9. The number of hydrogen-bond donors (Lipinski definition) is 1. The van der Waals surface area contributed by atoms with Crippen molar-refractivity contribution in [2.75, 3.05) is 26.3 Å². The number of halogens is 1. The number of nitrogens with one attached hydrogen (secondary N) is 1. The Morgan fingerprint density at radius 2 is 1.92 bits per heavy atom. The molecule has 0 amide bonds. The van der Waals surface area contributed by atoms with E-state index >= 15 is 0 Å². The molecule has 1 atom stereocenters. The van der Waals surface area contributed by atoms with Crippen LogP contribution in [0.2, 0.25) is 5.02 Å². The van der Waals surface area contributed by atoms with Crippen molar-refractivity contribution in [2.45, 2.75) is 12.5 Å². The second-order valence-electron chi connectivity index (χ2n) is 6.45. The molecule has 1 N–H and O–H groups in total. The minimum atomic E-state index is -0.152. The van der Waals surface area contributed by atoms with Crippen LogP contribution in [0.5, 0.6) is 0 Å². The van der Waals surface area contributed by atoms with Gasteiger partial charge in [0.25, 0.3) is 5.56 Å². The van der Waals surface area contributed by atoms with Gasteiger partial charge in [-0.3, -0.25) is 9.69 Å². The van der Waals surface area contributed by atoms with Crippen molar-refractivity contribution in [3.05, 3.63) is 75.3 Å². The van der Waals surface area contributed by atoms with Gasteiger partial charge in [0.1, 0.15) is 5.82 Å². The fraction of sp³-hybridized carbons (Fsp3) is 0.300. The third kappa shape index (κ3) is 3.65. The predicted molar refractivity (Wildman–Crippen MR) is 103 cm³/mol. The molecule has 1 unspecified atom stereocenters. The zero-order valence-electron chi connectivity index (χ0n) is 14.3.